The minimum atomic E-state index is -0.289. The number of carbonyl (C=O) groups excluding carboxylic acids is 1. The molecule has 0 spiro atoms. The summed E-state index contributed by atoms with van der Waals surface area (Å²) in [6.45, 7) is 5.78. The first-order valence-electron chi connectivity index (χ1n) is 8.88. The molecule has 2 aromatic carbocycles. The molecule has 0 aliphatic heterocycles. The van der Waals surface area contributed by atoms with Gasteiger partial charge in [-0.05, 0) is 50.6 Å². The largest absolute Gasteiger partial charge is 0.332 e. The van der Waals surface area contributed by atoms with Crippen LogP contribution in [0.5, 0.6) is 0 Å². The van der Waals surface area contributed by atoms with E-state index in [9.17, 15) is 9.18 Å². The van der Waals surface area contributed by atoms with Crippen molar-refractivity contribution in [3.63, 3.8) is 0 Å². The third-order valence-electron chi connectivity index (χ3n) is 4.58. The molecule has 0 fully saturated rings. The maximum absolute atomic E-state index is 13.1. The molecule has 0 aliphatic rings. The Morgan fingerprint density at radius 2 is 1.63 bits per heavy atom. The topological polar surface area (TPSA) is 59.0 Å². The molecular formula is C21H23FN4O. The number of urea groups is 1. The molecule has 2 atom stereocenters. The van der Waals surface area contributed by atoms with Gasteiger partial charge in [0.15, 0.2) is 0 Å². The number of carbonyl (C=O) groups is 1. The van der Waals surface area contributed by atoms with Crippen molar-refractivity contribution >= 4 is 6.03 Å². The summed E-state index contributed by atoms with van der Waals surface area (Å²) in [5.41, 5.74) is 3.61. The Labute approximate surface area is 158 Å². The van der Waals surface area contributed by atoms with Crippen LogP contribution in [0.3, 0.4) is 0 Å². The number of hydrogen-bond acceptors (Lipinski definition) is 2. The van der Waals surface area contributed by atoms with Gasteiger partial charge in [-0.25, -0.2) is 13.9 Å². The first kappa shape index (κ1) is 18.6. The lowest BCUT2D eigenvalue weighted by Crippen LogP contribution is -2.38. The van der Waals surface area contributed by atoms with Crippen molar-refractivity contribution in [3.05, 3.63) is 83.4 Å². The zero-order valence-corrected chi connectivity index (χ0v) is 15.6. The van der Waals surface area contributed by atoms with E-state index in [1.165, 1.54) is 12.1 Å². The average molecular weight is 366 g/mol. The number of nitrogens with one attached hydrogen (secondary N) is 2. The van der Waals surface area contributed by atoms with Crippen molar-refractivity contribution in [2.24, 2.45) is 0 Å². The molecule has 2 N–H and O–H groups in total. The highest BCUT2D eigenvalue weighted by molar-refractivity contribution is 5.75. The van der Waals surface area contributed by atoms with Crippen LogP contribution < -0.4 is 10.6 Å². The summed E-state index contributed by atoms with van der Waals surface area (Å²) in [4.78, 5) is 12.3. The molecule has 0 aliphatic carbocycles. The van der Waals surface area contributed by atoms with Crippen LogP contribution in [0, 0.1) is 12.7 Å². The van der Waals surface area contributed by atoms with Gasteiger partial charge >= 0.3 is 6.03 Å². The molecule has 3 rings (SSSR count). The normalized spacial score (nSPS) is 13.0. The summed E-state index contributed by atoms with van der Waals surface area (Å²) in [5, 5.41) is 10.3. The van der Waals surface area contributed by atoms with Crippen LogP contribution >= 0.6 is 0 Å². The SMILES string of the molecule is Cc1c([C@H](C)NC(=O)N[C@@H](C)c2ccccc2)cnn1-c1ccc(F)cc1. The number of amides is 2. The van der Waals surface area contributed by atoms with E-state index in [0.717, 1.165) is 22.5 Å². The molecular weight excluding hydrogens is 343 g/mol. The van der Waals surface area contributed by atoms with Crippen LogP contribution in [0.1, 0.15) is 42.8 Å². The van der Waals surface area contributed by atoms with Gasteiger partial charge < -0.3 is 10.6 Å². The number of hydrogen-bond donors (Lipinski definition) is 2. The van der Waals surface area contributed by atoms with Gasteiger partial charge in [0.05, 0.1) is 24.0 Å². The monoisotopic (exact) mass is 366 g/mol. The first-order chi connectivity index (χ1) is 13.0. The predicted octanol–water partition coefficient (Wildman–Crippen LogP) is 4.44. The van der Waals surface area contributed by atoms with E-state index < -0.39 is 0 Å². The highest BCUT2D eigenvalue weighted by atomic mass is 19.1. The van der Waals surface area contributed by atoms with Crippen LogP contribution in [-0.2, 0) is 0 Å². The second kappa shape index (κ2) is 8.03. The minimum Gasteiger partial charge on any atom is -0.332 e. The molecule has 2 amide bonds. The average Bonchev–Trinajstić information content (AvgIpc) is 3.04. The zero-order valence-electron chi connectivity index (χ0n) is 15.6. The number of nitrogens with zero attached hydrogens (tertiary/aromatic N) is 2. The van der Waals surface area contributed by atoms with Gasteiger partial charge in [0.25, 0.3) is 0 Å². The summed E-state index contributed by atoms with van der Waals surface area (Å²) in [7, 11) is 0. The maximum Gasteiger partial charge on any atom is 0.315 e. The molecule has 5 nitrogen and oxygen atoms in total. The molecule has 1 heterocycles. The van der Waals surface area contributed by atoms with Crippen molar-refractivity contribution in [1.82, 2.24) is 20.4 Å². The van der Waals surface area contributed by atoms with Crippen LogP contribution in [0.15, 0.2) is 60.8 Å². The molecule has 0 radical (unpaired) electrons. The van der Waals surface area contributed by atoms with Crippen LogP contribution in [0.4, 0.5) is 9.18 Å². The summed E-state index contributed by atoms with van der Waals surface area (Å²) in [6, 6.07) is 15.4. The molecule has 0 bridgehead atoms. The molecule has 140 valence electrons. The Balaban J connectivity index is 1.66. The molecule has 0 saturated heterocycles. The van der Waals surface area contributed by atoms with Crippen molar-refractivity contribution in [2.45, 2.75) is 32.9 Å². The van der Waals surface area contributed by atoms with Crippen LogP contribution in [0.2, 0.25) is 0 Å². The second-order valence-corrected chi connectivity index (χ2v) is 6.55. The van der Waals surface area contributed by atoms with Crippen LogP contribution in [-0.4, -0.2) is 15.8 Å². The van der Waals surface area contributed by atoms with E-state index in [2.05, 4.69) is 15.7 Å². The third kappa shape index (κ3) is 4.34. The van der Waals surface area contributed by atoms with Gasteiger partial charge in [0.2, 0.25) is 0 Å². The molecule has 0 saturated carbocycles. The lowest BCUT2D eigenvalue weighted by molar-refractivity contribution is 0.235. The minimum absolute atomic E-state index is 0.0959. The van der Waals surface area contributed by atoms with E-state index in [0.29, 0.717) is 0 Å². The molecule has 6 heteroatoms. The van der Waals surface area contributed by atoms with E-state index in [1.807, 2.05) is 51.1 Å². The smallest absolute Gasteiger partial charge is 0.315 e. The van der Waals surface area contributed by atoms with Gasteiger partial charge in [-0.1, -0.05) is 30.3 Å². The number of aromatic nitrogens is 2. The first-order valence-corrected chi connectivity index (χ1v) is 8.88. The fourth-order valence-corrected chi connectivity index (χ4v) is 3.03. The van der Waals surface area contributed by atoms with Gasteiger partial charge in [-0.2, -0.15) is 5.10 Å². The van der Waals surface area contributed by atoms with E-state index in [-0.39, 0.29) is 23.9 Å². The molecule has 3 aromatic rings. The van der Waals surface area contributed by atoms with Gasteiger partial charge in [-0.15, -0.1) is 0 Å². The lowest BCUT2D eigenvalue weighted by atomic mass is 10.1. The molecule has 27 heavy (non-hydrogen) atoms. The number of rotatable bonds is 5. The van der Waals surface area contributed by atoms with Gasteiger partial charge in [-0.3, -0.25) is 0 Å². The Bertz CT molecular complexity index is 906. The lowest BCUT2D eigenvalue weighted by Gasteiger charge is -2.18. The highest BCUT2D eigenvalue weighted by Gasteiger charge is 2.17. The van der Waals surface area contributed by atoms with Crippen LogP contribution in [0.25, 0.3) is 5.69 Å². The fraction of sp³-hybridized carbons (Fsp3) is 0.238. The standard InChI is InChI=1S/C21H23FN4O/c1-14(17-7-5-4-6-8-17)24-21(27)25-15(2)20-13-23-26(16(20)3)19-11-9-18(22)10-12-19/h4-15H,1-3H3,(H2,24,25,27)/t14-,15-/m0/s1. The second-order valence-electron chi connectivity index (χ2n) is 6.55. The Kier molecular flexibility index (Phi) is 5.54. The van der Waals surface area contributed by atoms with Crippen molar-refractivity contribution in [3.8, 4) is 5.69 Å². The zero-order chi connectivity index (χ0) is 19.4. The van der Waals surface area contributed by atoms with Gasteiger partial charge in [0.1, 0.15) is 5.82 Å². The van der Waals surface area contributed by atoms with Crippen molar-refractivity contribution in [1.29, 1.82) is 0 Å². The number of halogens is 1. The Hall–Kier alpha value is -3.15. The third-order valence-corrected chi connectivity index (χ3v) is 4.58. The van der Waals surface area contributed by atoms with Crippen molar-refractivity contribution < 1.29 is 9.18 Å². The number of benzene rings is 2. The summed E-state index contributed by atoms with van der Waals surface area (Å²) in [5.74, 6) is -0.289. The summed E-state index contributed by atoms with van der Waals surface area (Å²) in [6.07, 6.45) is 1.73. The Morgan fingerprint density at radius 1 is 1.00 bits per heavy atom. The maximum atomic E-state index is 13.1. The fourth-order valence-electron chi connectivity index (χ4n) is 3.03. The van der Waals surface area contributed by atoms with Gasteiger partial charge in [0, 0.05) is 11.3 Å². The summed E-state index contributed by atoms with van der Waals surface area (Å²) >= 11 is 0. The van der Waals surface area contributed by atoms with E-state index >= 15 is 0 Å². The quantitative estimate of drug-likeness (QED) is 0.701. The molecule has 1 aromatic heterocycles. The summed E-state index contributed by atoms with van der Waals surface area (Å²) < 4.78 is 14.9. The van der Waals surface area contributed by atoms with E-state index in [4.69, 9.17) is 0 Å². The van der Waals surface area contributed by atoms with E-state index in [1.54, 1.807) is 23.0 Å². The van der Waals surface area contributed by atoms with Crippen molar-refractivity contribution in [2.75, 3.05) is 0 Å². The predicted molar refractivity (Wildman–Crippen MR) is 103 cm³/mol. The Morgan fingerprint density at radius 3 is 2.30 bits per heavy atom. The molecule has 0 unspecified atom stereocenters. The highest BCUT2D eigenvalue weighted by Crippen LogP contribution is 2.20.